The maximum Gasteiger partial charge on any atom is 0.234 e. The number of imide groups is 1. The minimum atomic E-state index is -0.485. The molecule has 4 nitrogen and oxygen atoms in total. The first-order valence-corrected chi connectivity index (χ1v) is 5.88. The first kappa shape index (κ1) is 17.2. The van der Waals surface area contributed by atoms with Crippen molar-refractivity contribution in [3.05, 3.63) is 0 Å². The van der Waals surface area contributed by atoms with Crippen molar-refractivity contribution in [2.45, 2.75) is 48.0 Å². The third-order valence-electron chi connectivity index (χ3n) is 2.27. The molecule has 0 aromatic carbocycles. The number of hydrogen-bond acceptors (Lipinski definition) is 3. The van der Waals surface area contributed by atoms with Gasteiger partial charge in [-0.1, -0.05) is 41.5 Å². The lowest BCUT2D eigenvalue weighted by molar-refractivity contribution is -0.131. The van der Waals surface area contributed by atoms with Crippen LogP contribution in [0.3, 0.4) is 0 Å². The van der Waals surface area contributed by atoms with Crippen molar-refractivity contribution in [1.82, 2.24) is 5.32 Å². The van der Waals surface area contributed by atoms with Crippen molar-refractivity contribution in [2.24, 2.45) is 11.8 Å². The van der Waals surface area contributed by atoms with Crippen LogP contribution in [0.4, 0.5) is 0 Å². The van der Waals surface area contributed by atoms with E-state index >= 15 is 0 Å². The predicted molar refractivity (Wildman–Crippen MR) is 63.8 cm³/mol. The number of nitrogens with one attached hydrogen (secondary N) is 1. The lowest BCUT2D eigenvalue weighted by Crippen LogP contribution is -2.33. The SMILES string of the molecule is CC.CC.CC1C(=O)CC(=O)NC(=O)C1C. The van der Waals surface area contributed by atoms with Gasteiger partial charge in [0.2, 0.25) is 11.8 Å². The highest BCUT2D eigenvalue weighted by molar-refractivity contribution is 6.09. The number of hydrogen-bond donors (Lipinski definition) is 1. The fourth-order valence-corrected chi connectivity index (χ4v) is 1.12. The topological polar surface area (TPSA) is 63.2 Å². The average molecular weight is 229 g/mol. The summed E-state index contributed by atoms with van der Waals surface area (Å²) in [6.45, 7) is 11.3. The molecule has 2 amide bonds. The van der Waals surface area contributed by atoms with Crippen LogP contribution < -0.4 is 5.32 Å². The Morgan fingerprint density at radius 1 is 0.938 bits per heavy atom. The lowest BCUT2D eigenvalue weighted by Gasteiger charge is -2.11. The standard InChI is InChI=1S/C8H11NO3.2C2H6/c1-4-5(2)8(12)9-7(11)3-6(4)10;2*1-2/h4-5H,3H2,1-2H3,(H,9,11,12);2*1-2H3. The second-order valence-electron chi connectivity index (χ2n) is 3.13. The van der Waals surface area contributed by atoms with Gasteiger partial charge >= 0.3 is 0 Å². The Morgan fingerprint density at radius 2 is 1.38 bits per heavy atom. The van der Waals surface area contributed by atoms with Gasteiger partial charge in [0.15, 0.2) is 0 Å². The Balaban J connectivity index is 0. The molecule has 0 spiro atoms. The molecular formula is C12H23NO3. The quantitative estimate of drug-likeness (QED) is 0.510. The van der Waals surface area contributed by atoms with Crippen LogP contribution >= 0.6 is 0 Å². The molecule has 2 atom stereocenters. The van der Waals surface area contributed by atoms with Gasteiger partial charge in [-0.3, -0.25) is 19.7 Å². The summed E-state index contributed by atoms with van der Waals surface area (Å²) in [6, 6.07) is 0. The third-order valence-corrected chi connectivity index (χ3v) is 2.27. The van der Waals surface area contributed by atoms with Gasteiger partial charge in [-0.2, -0.15) is 0 Å². The molecule has 1 fully saturated rings. The fraction of sp³-hybridized carbons (Fsp3) is 0.750. The highest BCUT2D eigenvalue weighted by Crippen LogP contribution is 2.16. The minimum absolute atomic E-state index is 0.161. The van der Waals surface area contributed by atoms with Gasteiger partial charge in [0.05, 0.1) is 6.42 Å². The van der Waals surface area contributed by atoms with Crippen molar-refractivity contribution >= 4 is 17.6 Å². The van der Waals surface area contributed by atoms with Crippen LogP contribution in [-0.2, 0) is 14.4 Å². The molecule has 94 valence electrons. The number of ketones is 1. The van der Waals surface area contributed by atoms with Gasteiger partial charge in [0, 0.05) is 11.8 Å². The van der Waals surface area contributed by atoms with E-state index in [1.54, 1.807) is 13.8 Å². The van der Waals surface area contributed by atoms with E-state index in [4.69, 9.17) is 0 Å². The van der Waals surface area contributed by atoms with E-state index in [-0.39, 0.29) is 24.0 Å². The molecule has 0 bridgehead atoms. The zero-order chi connectivity index (χ0) is 13.3. The molecule has 2 unspecified atom stereocenters. The Hall–Kier alpha value is -1.19. The first-order chi connectivity index (χ1) is 7.52. The molecule has 1 aliphatic rings. The summed E-state index contributed by atoms with van der Waals surface area (Å²) in [5, 5.41) is 2.15. The number of carbonyl (C=O) groups excluding carboxylic acids is 3. The Bertz CT molecular complexity index is 225. The van der Waals surface area contributed by atoms with Gasteiger partial charge in [0.25, 0.3) is 0 Å². The molecular weight excluding hydrogens is 206 g/mol. The van der Waals surface area contributed by atoms with Crippen LogP contribution in [0.1, 0.15) is 48.0 Å². The van der Waals surface area contributed by atoms with Crippen molar-refractivity contribution in [1.29, 1.82) is 0 Å². The van der Waals surface area contributed by atoms with E-state index in [2.05, 4.69) is 5.32 Å². The van der Waals surface area contributed by atoms with E-state index in [1.807, 2.05) is 27.7 Å². The van der Waals surface area contributed by atoms with Gasteiger partial charge < -0.3 is 0 Å². The highest BCUT2D eigenvalue weighted by atomic mass is 16.2. The highest BCUT2D eigenvalue weighted by Gasteiger charge is 2.31. The van der Waals surface area contributed by atoms with Crippen LogP contribution in [0.5, 0.6) is 0 Å². The van der Waals surface area contributed by atoms with E-state index in [9.17, 15) is 14.4 Å². The second-order valence-corrected chi connectivity index (χ2v) is 3.13. The van der Waals surface area contributed by atoms with Crippen LogP contribution in [0, 0.1) is 11.8 Å². The van der Waals surface area contributed by atoms with Crippen LogP contribution in [0.2, 0.25) is 0 Å². The van der Waals surface area contributed by atoms with E-state index < -0.39 is 11.8 Å². The lowest BCUT2D eigenvalue weighted by atomic mass is 9.91. The van der Waals surface area contributed by atoms with Gasteiger partial charge in [-0.15, -0.1) is 0 Å². The summed E-state index contributed by atoms with van der Waals surface area (Å²) < 4.78 is 0. The maximum atomic E-state index is 11.2. The van der Waals surface area contributed by atoms with E-state index in [0.29, 0.717) is 0 Å². The molecule has 16 heavy (non-hydrogen) atoms. The molecule has 1 aliphatic heterocycles. The van der Waals surface area contributed by atoms with Gasteiger partial charge in [0.1, 0.15) is 5.78 Å². The summed E-state index contributed by atoms with van der Waals surface area (Å²) in [7, 11) is 0. The molecule has 1 rings (SSSR count). The molecule has 0 saturated carbocycles. The van der Waals surface area contributed by atoms with E-state index in [1.165, 1.54) is 0 Å². The first-order valence-electron chi connectivity index (χ1n) is 5.88. The Kier molecular flexibility index (Phi) is 9.75. The van der Waals surface area contributed by atoms with Crippen molar-refractivity contribution in [2.75, 3.05) is 0 Å². The number of rotatable bonds is 0. The average Bonchev–Trinajstić information content (AvgIpc) is 2.38. The monoisotopic (exact) mass is 229 g/mol. The molecule has 0 aromatic rings. The largest absolute Gasteiger partial charge is 0.299 e. The van der Waals surface area contributed by atoms with Crippen LogP contribution in [0.15, 0.2) is 0 Å². The second kappa shape index (κ2) is 9.07. The van der Waals surface area contributed by atoms with Crippen LogP contribution in [0.25, 0.3) is 0 Å². The number of Topliss-reactive ketones (excluding diaryl/α,β-unsaturated/α-hetero) is 1. The molecule has 0 aromatic heterocycles. The minimum Gasteiger partial charge on any atom is -0.299 e. The number of carbonyl (C=O) groups is 3. The molecule has 0 aliphatic carbocycles. The predicted octanol–water partition coefficient (Wildman–Crippen LogP) is 1.93. The maximum absolute atomic E-state index is 11.2. The van der Waals surface area contributed by atoms with Crippen molar-refractivity contribution in [3.8, 4) is 0 Å². The molecule has 1 N–H and O–H groups in total. The molecule has 1 heterocycles. The summed E-state index contributed by atoms with van der Waals surface area (Å²) in [4.78, 5) is 33.1. The fourth-order valence-electron chi connectivity index (χ4n) is 1.12. The molecule has 0 radical (unpaired) electrons. The Morgan fingerprint density at radius 3 is 1.81 bits per heavy atom. The molecule has 1 saturated heterocycles. The summed E-state index contributed by atoms with van der Waals surface area (Å²) in [5.74, 6) is -1.74. The zero-order valence-electron chi connectivity index (χ0n) is 11.1. The zero-order valence-corrected chi connectivity index (χ0v) is 11.1. The number of amides is 2. The smallest absolute Gasteiger partial charge is 0.234 e. The summed E-state index contributed by atoms with van der Waals surface area (Å²) in [6.07, 6.45) is -0.169. The normalized spacial score (nSPS) is 24.2. The van der Waals surface area contributed by atoms with Gasteiger partial charge in [-0.25, -0.2) is 0 Å². The van der Waals surface area contributed by atoms with Crippen molar-refractivity contribution < 1.29 is 14.4 Å². The van der Waals surface area contributed by atoms with Crippen LogP contribution in [-0.4, -0.2) is 17.6 Å². The summed E-state index contributed by atoms with van der Waals surface area (Å²) in [5.41, 5.74) is 0. The third kappa shape index (κ3) is 5.05. The molecule has 4 heteroatoms. The Labute approximate surface area is 97.8 Å². The summed E-state index contributed by atoms with van der Waals surface area (Å²) >= 11 is 0. The van der Waals surface area contributed by atoms with E-state index in [0.717, 1.165) is 0 Å². The van der Waals surface area contributed by atoms with Gasteiger partial charge in [-0.05, 0) is 0 Å². The van der Waals surface area contributed by atoms with Crippen molar-refractivity contribution in [3.63, 3.8) is 0 Å².